The molecule has 10 nitrogen and oxygen atoms in total. The van der Waals surface area contributed by atoms with Crippen molar-refractivity contribution < 1.29 is 27.6 Å². The van der Waals surface area contributed by atoms with Gasteiger partial charge in [-0.2, -0.15) is 0 Å². The first kappa shape index (κ1) is 28.2. The van der Waals surface area contributed by atoms with E-state index in [0.29, 0.717) is 29.1 Å². The Hall–Kier alpha value is -3.02. The number of nitro benzene ring substituents is 1. The minimum absolute atomic E-state index is 0.0395. The first-order chi connectivity index (χ1) is 16.5. The molecule has 1 unspecified atom stereocenters. The number of benzene rings is 1. The van der Waals surface area contributed by atoms with Crippen molar-refractivity contribution in [3.8, 4) is 0 Å². The summed E-state index contributed by atoms with van der Waals surface area (Å²) in [7, 11) is -3.75. The van der Waals surface area contributed by atoms with Crippen LogP contribution in [0.15, 0.2) is 58.3 Å². The highest BCUT2D eigenvalue weighted by atomic mass is 32.2. The highest BCUT2D eigenvalue weighted by Crippen LogP contribution is 2.40. The molecule has 0 aromatic heterocycles. The number of carbonyl (C=O) groups is 1. The molecule has 0 radical (unpaired) electrons. The molecule has 0 saturated heterocycles. The number of dihydropyridines is 1. The summed E-state index contributed by atoms with van der Waals surface area (Å²) < 4.78 is 38.2. The number of non-ortho nitro benzene ring substituents is 1. The molecule has 1 atom stereocenters. The highest BCUT2D eigenvalue weighted by molar-refractivity contribution is 7.92. The van der Waals surface area contributed by atoms with Gasteiger partial charge in [0.25, 0.3) is 5.69 Å². The molecular formula is C24H33N3O7S. The molecule has 1 aromatic rings. The summed E-state index contributed by atoms with van der Waals surface area (Å²) in [5.74, 6) is -1.40. The SMILES string of the molecule is CCCOCCOC(=O)C1=C(C)NC(C)=C(C=CS(=O)(=O)NC(C)C)C1c1cccc([N+](=O)[O-])c1. The molecule has 11 heteroatoms. The van der Waals surface area contributed by atoms with E-state index in [1.54, 1.807) is 33.8 Å². The molecule has 2 N–H and O–H groups in total. The van der Waals surface area contributed by atoms with E-state index in [-0.39, 0.29) is 30.5 Å². The second kappa shape index (κ2) is 12.6. The highest BCUT2D eigenvalue weighted by Gasteiger charge is 2.34. The van der Waals surface area contributed by atoms with Crippen LogP contribution in [0.4, 0.5) is 5.69 Å². The lowest BCUT2D eigenvalue weighted by atomic mass is 9.80. The van der Waals surface area contributed by atoms with Gasteiger partial charge in [-0.3, -0.25) is 10.1 Å². The molecule has 0 amide bonds. The van der Waals surface area contributed by atoms with Crippen LogP contribution < -0.4 is 10.0 Å². The fourth-order valence-corrected chi connectivity index (χ4v) is 4.78. The topological polar surface area (TPSA) is 137 Å². The minimum Gasteiger partial charge on any atom is -0.460 e. The molecule has 0 aliphatic carbocycles. The zero-order valence-corrected chi connectivity index (χ0v) is 21.5. The molecule has 1 aromatic carbocycles. The van der Waals surface area contributed by atoms with E-state index in [1.165, 1.54) is 24.3 Å². The summed E-state index contributed by atoms with van der Waals surface area (Å²) in [4.78, 5) is 24.0. The number of nitro groups is 1. The lowest BCUT2D eigenvalue weighted by Crippen LogP contribution is -2.30. The first-order valence-corrected chi connectivity index (χ1v) is 12.9. The Morgan fingerprint density at radius 2 is 1.94 bits per heavy atom. The van der Waals surface area contributed by atoms with Gasteiger partial charge in [0.1, 0.15) is 6.61 Å². The monoisotopic (exact) mass is 507 g/mol. The Morgan fingerprint density at radius 3 is 2.57 bits per heavy atom. The van der Waals surface area contributed by atoms with Crippen molar-refractivity contribution in [1.82, 2.24) is 10.0 Å². The van der Waals surface area contributed by atoms with Gasteiger partial charge in [0, 0.05) is 47.5 Å². The fourth-order valence-electron chi connectivity index (χ4n) is 3.71. The Balaban J connectivity index is 2.52. The van der Waals surface area contributed by atoms with Crippen LogP contribution in [0, 0.1) is 10.1 Å². The van der Waals surface area contributed by atoms with E-state index in [1.807, 2.05) is 6.92 Å². The lowest BCUT2D eigenvalue weighted by Gasteiger charge is -2.30. The number of allylic oxidation sites excluding steroid dienone is 4. The second-order valence-corrected chi connectivity index (χ2v) is 10.00. The number of nitrogens with one attached hydrogen (secondary N) is 2. The second-order valence-electron chi connectivity index (χ2n) is 8.40. The summed E-state index contributed by atoms with van der Waals surface area (Å²) in [5.41, 5.74) is 2.15. The van der Waals surface area contributed by atoms with Crippen LogP contribution in [0.5, 0.6) is 0 Å². The largest absolute Gasteiger partial charge is 0.460 e. The van der Waals surface area contributed by atoms with E-state index in [9.17, 15) is 23.3 Å². The van der Waals surface area contributed by atoms with Crippen LogP contribution in [0.2, 0.25) is 0 Å². The van der Waals surface area contributed by atoms with Gasteiger partial charge < -0.3 is 14.8 Å². The number of hydrogen-bond acceptors (Lipinski definition) is 8. The smallest absolute Gasteiger partial charge is 0.336 e. The molecule has 0 saturated carbocycles. The third kappa shape index (κ3) is 8.01. The van der Waals surface area contributed by atoms with Crippen LogP contribution in [0.3, 0.4) is 0 Å². The number of hydrogen-bond donors (Lipinski definition) is 2. The summed E-state index contributed by atoms with van der Waals surface area (Å²) >= 11 is 0. The average Bonchev–Trinajstić information content (AvgIpc) is 2.76. The van der Waals surface area contributed by atoms with Gasteiger partial charge >= 0.3 is 5.97 Å². The van der Waals surface area contributed by atoms with E-state index in [2.05, 4.69) is 10.0 Å². The Morgan fingerprint density at radius 1 is 1.23 bits per heavy atom. The molecule has 1 aliphatic heterocycles. The van der Waals surface area contributed by atoms with Gasteiger partial charge in [0.15, 0.2) is 0 Å². The molecule has 1 aliphatic rings. The summed E-state index contributed by atoms with van der Waals surface area (Å²) in [6.45, 7) is 9.65. The number of rotatable bonds is 12. The van der Waals surface area contributed by atoms with Gasteiger partial charge in [0.2, 0.25) is 10.0 Å². The summed E-state index contributed by atoms with van der Waals surface area (Å²) in [6.07, 6.45) is 2.24. The lowest BCUT2D eigenvalue weighted by molar-refractivity contribution is -0.384. The zero-order valence-electron chi connectivity index (χ0n) is 20.7. The van der Waals surface area contributed by atoms with Crippen LogP contribution in [0.1, 0.15) is 52.5 Å². The molecule has 0 bridgehead atoms. The third-order valence-corrected chi connectivity index (χ3v) is 6.38. The van der Waals surface area contributed by atoms with Crippen molar-refractivity contribution >= 4 is 21.7 Å². The normalized spacial score (nSPS) is 16.7. The number of nitrogens with zero attached hydrogens (tertiary/aromatic N) is 1. The van der Waals surface area contributed by atoms with Crippen molar-refractivity contribution in [2.45, 2.75) is 53.0 Å². The maximum Gasteiger partial charge on any atom is 0.336 e. The van der Waals surface area contributed by atoms with Gasteiger partial charge in [-0.05, 0) is 51.3 Å². The molecule has 192 valence electrons. The van der Waals surface area contributed by atoms with Crippen LogP contribution in [-0.4, -0.2) is 45.2 Å². The number of esters is 1. The summed E-state index contributed by atoms with van der Waals surface area (Å²) in [6, 6.07) is 5.62. The maximum atomic E-state index is 13.2. The number of ether oxygens (including phenoxy) is 2. The zero-order chi connectivity index (χ0) is 26.2. The van der Waals surface area contributed by atoms with Crippen molar-refractivity contribution in [3.63, 3.8) is 0 Å². The minimum atomic E-state index is -3.75. The van der Waals surface area contributed by atoms with Crippen LogP contribution in [-0.2, 0) is 24.3 Å². The van der Waals surface area contributed by atoms with Gasteiger partial charge in [-0.1, -0.05) is 19.1 Å². The quantitative estimate of drug-likeness (QED) is 0.189. The van der Waals surface area contributed by atoms with E-state index in [4.69, 9.17) is 9.47 Å². The molecule has 0 spiro atoms. The van der Waals surface area contributed by atoms with E-state index < -0.39 is 26.8 Å². The van der Waals surface area contributed by atoms with Gasteiger partial charge in [0.05, 0.1) is 17.1 Å². The fraction of sp³-hybridized carbons (Fsp3) is 0.458. The van der Waals surface area contributed by atoms with Gasteiger partial charge in [-0.15, -0.1) is 0 Å². The van der Waals surface area contributed by atoms with Gasteiger partial charge in [-0.25, -0.2) is 17.9 Å². The molecule has 1 heterocycles. The molecule has 2 rings (SSSR count). The Bertz CT molecular complexity index is 1140. The predicted molar refractivity (Wildman–Crippen MR) is 133 cm³/mol. The first-order valence-electron chi connectivity index (χ1n) is 11.3. The molecule has 35 heavy (non-hydrogen) atoms. The Kier molecular flexibility index (Phi) is 10.2. The van der Waals surface area contributed by atoms with E-state index >= 15 is 0 Å². The standard InChI is InChI=1S/C24H33N3O7S/c1-6-11-33-12-13-34-24(28)22-18(5)25-17(4)21(10-14-35(31,32)26-16(2)3)23(22)19-8-7-9-20(15-19)27(29)30/h7-10,14-16,23,25-26H,6,11-13H2,1-5H3. The number of sulfonamides is 1. The number of carbonyl (C=O) groups excluding carboxylic acids is 1. The van der Waals surface area contributed by atoms with Crippen molar-refractivity contribution in [2.75, 3.05) is 19.8 Å². The average molecular weight is 508 g/mol. The maximum absolute atomic E-state index is 13.2. The van der Waals surface area contributed by atoms with Crippen molar-refractivity contribution in [2.24, 2.45) is 0 Å². The van der Waals surface area contributed by atoms with E-state index in [0.717, 1.165) is 11.8 Å². The van der Waals surface area contributed by atoms with Crippen molar-refractivity contribution in [1.29, 1.82) is 0 Å². The molecular weight excluding hydrogens is 474 g/mol. The third-order valence-electron chi connectivity index (χ3n) is 5.08. The van der Waals surface area contributed by atoms with Crippen LogP contribution in [0.25, 0.3) is 0 Å². The predicted octanol–water partition coefficient (Wildman–Crippen LogP) is 3.64. The van der Waals surface area contributed by atoms with Crippen molar-refractivity contribution in [3.05, 3.63) is 74.0 Å². The summed E-state index contributed by atoms with van der Waals surface area (Å²) in [5, 5.41) is 15.6. The Labute approximate surface area is 206 Å². The molecule has 0 fully saturated rings. The van der Waals surface area contributed by atoms with Crippen LogP contribution >= 0.6 is 0 Å².